The first-order valence-corrected chi connectivity index (χ1v) is 8.46. The Morgan fingerprint density at radius 2 is 1.88 bits per heavy atom. The summed E-state index contributed by atoms with van der Waals surface area (Å²) in [4.78, 5) is 12.3. The van der Waals surface area contributed by atoms with E-state index in [9.17, 15) is 4.79 Å². The van der Waals surface area contributed by atoms with Gasteiger partial charge in [0.2, 0.25) is 0 Å². The molecule has 0 radical (unpaired) electrons. The maximum absolute atomic E-state index is 12.3. The smallest absolute Gasteiger partial charge is 0.275 e. The molecule has 0 bridgehead atoms. The van der Waals surface area contributed by atoms with Crippen LogP contribution in [0.5, 0.6) is 0 Å². The first-order valence-electron chi connectivity index (χ1n) is 7.32. The molecular formula is C16H14Cl3N5O. The van der Waals surface area contributed by atoms with Crippen LogP contribution in [0.1, 0.15) is 21.7 Å². The normalized spacial score (nSPS) is 10.9. The molecular weight excluding hydrogens is 385 g/mol. The number of hydrogen-bond acceptors (Lipinski definition) is 3. The Morgan fingerprint density at radius 1 is 1.12 bits per heavy atom. The van der Waals surface area contributed by atoms with E-state index >= 15 is 0 Å². The third-order valence-corrected chi connectivity index (χ3v) is 4.53. The molecule has 0 aliphatic heterocycles. The van der Waals surface area contributed by atoms with Gasteiger partial charge in [0.25, 0.3) is 5.91 Å². The van der Waals surface area contributed by atoms with E-state index in [0.29, 0.717) is 27.3 Å². The zero-order valence-electron chi connectivity index (χ0n) is 13.4. The molecule has 130 valence electrons. The minimum Gasteiger partial charge on any atom is -0.302 e. The summed E-state index contributed by atoms with van der Waals surface area (Å²) in [7, 11) is 1.70. The van der Waals surface area contributed by atoms with E-state index in [4.69, 9.17) is 34.8 Å². The van der Waals surface area contributed by atoms with Crippen molar-refractivity contribution in [1.29, 1.82) is 0 Å². The number of aryl methyl sites for hydroxylation is 2. The molecule has 1 amide bonds. The van der Waals surface area contributed by atoms with Gasteiger partial charge in [0.15, 0.2) is 5.82 Å². The van der Waals surface area contributed by atoms with E-state index in [1.165, 1.54) is 4.68 Å². The van der Waals surface area contributed by atoms with Crippen LogP contribution >= 0.6 is 34.8 Å². The second-order valence-corrected chi connectivity index (χ2v) is 6.74. The summed E-state index contributed by atoms with van der Waals surface area (Å²) in [5.41, 5.74) is 2.09. The van der Waals surface area contributed by atoms with Gasteiger partial charge in [0.1, 0.15) is 10.7 Å². The van der Waals surface area contributed by atoms with Crippen molar-refractivity contribution in [2.24, 2.45) is 7.05 Å². The van der Waals surface area contributed by atoms with Crippen molar-refractivity contribution < 1.29 is 4.79 Å². The number of rotatable bonds is 4. The fraction of sp³-hybridized carbons (Fsp3) is 0.188. The van der Waals surface area contributed by atoms with Crippen LogP contribution in [0, 0.1) is 6.92 Å². The molecule has 0 atom stereocenters. The van der Waals surface area contributed by atoms with E-state index in [1.807, 2.05) is 13.0 Å². The van der Waals surface area contributed by atoms with Gasteiger partial charge in [-0.05, 0) is 30.7 Å². The number of nitrogens with one attached hydrogen (secondary N) is 1. The van der Waals surface area contributed by atoms with Gasteiger partial charge in [0.05, 0.1) is 22.3 Å². The standard InChI is InChI=1S/C16H14Cl3N5O/c1-9-5-14(23(2)21-9)16(25)20-15-13(19)8-24(22-15)7-10-3-4-11(17)12(18)6-10/h3-6,8H,7H2,1-2H3,(H,20,22,25). The van der Waals surface area contributed by atoms with Gasteiger partial charge in [-0.25, -0.2) is 0 Å². The van der Waals surface area contributed by atoms with Crippen LogP contribution in [-0.4, -0.2) is 25.5 Å². The number of anilines is 1. The van der Waals surface area contributed by atoms with Gasteiger partial charge >= 0.3 is 0 Å². The summed E-state index contributed by atoms with van der Waals surface area (Å²) in [6, 6.07) is 7.02. The molecule has 9 heteroatoms. The number of halogens is 3. The predicted octanol–water partition coefficient (Wildman–Crippen LogP) is 4.19. The maximum atomic E-state index is 12.3. The Morgan fingerprint density at radius 3 is 2.52 bits per heavy atom. The van der Waals surface area contributed by atoms with Crippen LogP contribution in [0.25, 0.3) is 0 Å². The van der Waals surface area contributed by atoms with E-state index < -0.39 is 0 Å². The van der Waals surface area contributed by atoms with Gasteiger partial charge in [0, 0.05) is 13.2 Å². The molecule has 0 saturated carbocycles. The molecule has 0 fully saturated rings. The zero-order valence-corrected chi connectivity index (χ0v) is 15.7. The average molecular weight is 399 g/mol. The van der Waals surface area contributed by atoms with Gasteiger partial charge in [-0.1, -0.05) is 40.9 Å². The number of amides is 1. The molecule has 0 spiro atoms. The Kier molecular flexibility index (Phi) is 5.03. The van der Waals surface area contributed by atoms with E-state index in [2.05, 4.69) is 15.5 Å². The summed E-state index contributed by atoms with van der Waals surface area (Å²) in [6.07, 6.45) is 1.63. The van der Waals surface area contributed by atoms with Gasteiger partial charge in [-0.15, -0.1) is 0 Å². The van der Waals surface area contributed by atoms with Crippen molar-refractivity contribution >= 4 is 46.5 Å². The highest BCUT2D eigenvalue weighted by molar-refractivity contribution is 6.42. The highest BCUT2D eigenvalue weighted by atomic mass is 35.5. The van der Waals surface area contributed by atoms with Crippen molar-refractivity contribution in [3.63, 3.8) is 0 Å². The van der Waals surface area contributed by atoms with E-state index in [1.54, 1.807) is 36.1 Å². The molecule has 2 heterocycles. The lowest BCUT2D eigenvalue weighted by Crippen LogP contribution is -2.16. The Hall–Kier alpha value is -2.02. The summed E-state index contributed by atoms with van der Waals surface area (Å²) in [5.74, 6) is -0.0460. The molecule has 3 aromatic rings. The van der Waals surface area contributed by atoms with E-state index in [0.717, 1.165) is 11.3 Å². The highest BCUT2D eigenvalue weighted by Crippen LogP contribution is 2.24. The predicted molar refractivity (Wildman–Crippen MR) is 98.7 cm³/mol. The van der Waals surface area contributed by atoms with Crippen LogP contribution in [0.3, 0.4) is 0 Å². The Bertz CT molecular complexity index is 947. The number of aromatic nitrogens is 4. The first kappa shape index (κ1) is 17.8. The maximum Gasteiger partial charge on any atom is 0.275 e. The molecule has 3 rings (SSSR count). The fourth-order valence-corrected chi connectivity index (χ4v) is 2.90. The topological polar surface area (TPSA) is 64.7 Å². The Balaban J connectivity index is 1.77. The number of hydrogen-bond donors (Lipinski definition) is 1. The van der Waals surface area contributed by atoms with Crippen LogP contribution in [0.15, 0.2) is 30.5 Å². The molecule has 6 nitrogen and oxygen atoms in total. The molecule has 0 aliphatic carbocycles. The van der Waals surface area contributed by atoms with Crippen molar-refractivity contribution in [2.45, 2.75) is 13.5 Å². The second-order valence-electron chi connectivity index (χ2n) is 5.52. The van der Waals surface area contributed by atoms with Gasteiger partial charge in [-0.3, -0.25) is 14.2 Å². The molecule has 0 aliphatic rings. The van der Waals surface area contributed by atoms with Crippen molar-refractivity contribution in [1.82, 2.24) is 19.6 Å². The number of benzene rings is 1. The summed E-state index contributed by atoms with van der Waals surface area (Å²) in [5, 5.41) is 12.4. The molecule has 1 aromatic carbocycles. The zero-order chi connectivity index (χ0) is 18.1. The monoisotopic (exact) mass is 397 g/mol. The molecule has 1 N–H and O–H groups in total. The molecule has 0 unspecified atom stereocenters. The minimum atomic E-state index is -0.329. The molecule has 2 aromatic heterocycles. The van der Waals surface area contributed by atoms with E-state index in [-0.39, 0.29) is 11.7 Å². The van der Waals surface area contributed by atoms with Crippen molar-refractivity contribution in [2.75, 3.05) is 5.32 Å². The third kappa shape index (κ3) is 3.98. The number of nitrogens with zero attached hydrogens (tertiary/aromatic N) is 4. The Labute approximate surface area is 159 Å². The summed E-state index contributed by atoms with van der Waals surface area (Å²) < 4.78 is 3.12. The van der Waals surface area contributed by atoms with Crippen LogP contribution in [0.2, 0.25) is 15.1 Å². The number of carbonyl (C=O) groups is 1. The minimum absolute atomic E-state index is 0.283. The van der Waals surface area contributed by atoms with Crippen LogP contribution in [0.4, 0.5) is 5.82 Å². The molecule has 25 heavy (non-hydrogen) atoms. The largest absolute Gasteiger partial charge is 0.302 e. The van der Waals surface area contributed by atoms with Gasteiger partial charge in [-0.2, -0.15) is 10.2 Å². The SMILES string of the molecule is Cc1cc(C(=O)Nc2nn(Cc3ccc(Cl)c(Cl)c3)cc2Cl)n(C)n1. The second kappa shape index (κ2) is 7.07. The van der Waals surface area contributed by atoms with Crippen molar-refractivity contribution in [3.8, 4) is 0 Å². The summed E-state index contributed by atoms with van der Waals surface area (Å²) >= 11 is 18.1. The quantitative estimate of drug-likeness (QED) is 0.717. The van der Waals surface area contributed by atoms with Crippen molar-refractivity contribution in [3.05, 3.63) is 62.5 Å². The highest BCUT2D eigenvalue weighted by Gasteiger charge is 2.16. The lowest BCUT2D eigenvalue weighted by atomic mass is 10.2. The lowest BCUT2D eigenvalue weighted by molar-refractivity contribution is 0.101. The third-order valence-electron chi connectivity index (χ3n) is 3.51. The fourth-order valence-electron chi connectivity index (χ4n) is 2.38. The molecule has 0 saturated heterocycles. The average Bonchev–Trinajstić information content (AvgIpc) is 3.05. The lowest BCUT2D eigenvalue weighted by Gasteiger charge is -2.04. The van der Waals surface area contributed by atoms with Gasteiger partial charge < -0.3 is 5.32 Å². The summed E-state index contributed by atoms with van der Waals surface area (Å²) in [6.45, 7) is 2.26. The first-order chi connectivity index (χ1) is 11.8. The van der Waals surface area contributed by atoms with Crippen LogP contribution in [-0.2, 0) is 13.6 Å². The van der Waals surface area contributed by atoms with Crippen LogP contribution < -0.4 is 5.32 Å². The number of carbonyl (C=O) groups excluding carboxylic acids is 1.